The Labute approximate surface area is 221 Å². The first kappa shape index (κ1) is 23.3. The maximum absolute atomic E-state index is 14.1. The highest BCUT2D eigenvalue weighted by Gasteiger charge is 2.38. The number of amides is 1. The average molecular weight is 502 g/mol. The van der Waals surface area contributed by atoms with E-state index in [2.05, 4.69) is 65.8 Å². The predicted molar refractivity (Wildman–Crippen MR) is 150 cm³/mol. The smallest absolute Gasteiger partial charge is 0.237 e. The molecule has 5 heteroatoms. The van der Waals surface area contributed by atoms with Gasteiger partial charge in [0.15, 0.2) is 5.13 Å². The lowest BCUT2D eigenvalue weighted by molar-refractivity contribution is -0.121. The highest BCUT2D eigenvalue weighted by molar-refractivity contribution is 7.14. The summed E-state index contributed by atoms with van der Waals surface area (Å²) in [5.41, 5.74) is 7.88. The Morgan fingerprint density at radius 3 is 2.35 bits per heavy atom. The molecule has 0 saturated heterocycles. The predicted octanol–water partition coefficient (Wildman–Crippen LogP) is 7.44. The van der Waals surface area contributed by atoms with Gasteiger partial charge in [0.1, 0.15) is 0 Å². The molecular formula is C32H27N3OS. The fraction of sp³-hybridized carbons (Fsp3) is 0.156. The number of carbonyl (C=O) groups is 1. The van der Waals surface area contributed by atoms with Crippen LogP contribution in [0, 0.1) is 5.92 Å². The molecule has 4 nitrogen and oxygen atoms in total. The number of hydrogen-bond acceptors (Lipinski definition) is 4. The molecule has 1 aliphatic rings. The van der Waals surface area contributed by atoms with Gasteiger partial charge in [-0.15, -0.1) is 11.3 Å². The van der Waals surface area contributed by atoms with Crippen molar-refractivity contribution in [3.05, 3.63) is 131 Å². The molecule has 0 spiro atoms. The molecule has 1 amide bonds. The summed E-state index contributed by atoms with van der Waals surface area (Å²) in [6, 6.07) is 30.9. The molecule has 0 aliphatic heterocycles. The van der Waals surface area contributed by atoms with Crippen molar-refractivity contribution in [3.63, 3.8) is 0 Å². The van der Waals surface area contributed by atoms with Gasteiger partial charge in [-0.2, -0.15) is 0 Å². The van der Waals surface area contributed by atoms with Crippen molar-refractivity contribution in [1.82, 2.24) is 9.97 Å². The third-order valence-corrected chi connectivity index (χ3v) is 8.10. The lowest BCUT2D eigenvalue weighted by atomic mass is 9.93. The molecule has 5 aromatic rings. The van der Waals surface area contributed by atoms with Crippen molar-refractivity contribution in [2.45, 2.75) is 25.7 Å². The number of benzene rings is 3. The molecular weight excluding hydrogens is 474 g/mol. The summed E-state index contributed by atoms with van der Waals surface area (Å²) in [7, 11) is 0. The summed E-state index contributed by atoms with van der Waals surface area (Å²) in [6.45, 7) is 2.17. The second kappa shape index (κ2) is 10.1. The summed E-state index contributed by atoms with van der Waals surface area (Å²) in [5.74, 6) is 0.177. The van der Waals surface area contributed by atoms with Crippen molar-refractivity contribution in [3.8, 4) is 11.1 Å². The Hall–Kier alpha value is -4.09. The van der Waals surface area contributed by atoms with Gasteiger partial charge < -0.3 is 0 Å². The second-order valence-corrected chi connectivity index (χ2v) is 10.4. The standard InChI is InChI=1S/C32H27N3OS/c1-22-29-10-6-5-7-26(29)20-30(22)31(36)35(28-8-3-2-4-9-28)32-34-27(21-37-32)19-23-11-13-24(14-12-23)25-15-17-33-18-16-25/h2-18,21-22,30H,19-20H2,1H3/t22-,30+/m0/s1. The Balaban J connectivity index is 1.25. The SMILES string of the molecule is C[C@H]1c2ccccc2C[C@H]1C(=O)N(c1ccccc1)c1nc(Cc2ccc(-c3ccncc3)cc2)cs1. The minimum atomic E-state index is -0.106. The molecule has 6 rings (SSSR count). The van der Waals surface area contributed by atoms with Crippen LogP contribution in [0.1, 0.15) is 35.2 Å². The average Bonchev–Trinajstić information content (AvgIpc) is 3.54. The van der Waals surface area contributed by atoms with E-state index in [4.69, 9.17) is 4.98 Å². The van der Waals surface area contributed by atoms with Gasteiger partial charge in [-0.25, -0.2) is 4.98 Å². The Bertz CT molecular complexity index is 1510. The van der Waals surface area contributed by atoms with E-state index in [1.54, 1.807) is 0 Å². The van der Waals surface area contributed by atoms with E-state index >= 15 is 0 Å². The third-order valence-electron chi connectivity index (χ3n) is 7.22. The second-order valence-electron chi connectivity index (χ2n) is 9.54. The third kappa shape index (κ3) is 4.70. The highest BCUT2D eigenvalue weighted by Crippen LogP contribution is 2.41. The molecule has 37 heavy (non-hydrogen) atoms. The number of aromatic nitrogens is 2. The zero-order valence-corrected chi connectivity index (χ0v) is 21.4. The zero-order valence-electron chi connectivity index (χ0n) is 20.6. The van der Waals surface area contributed by atoms with Crippen LogP contribution in [0.5, 0.6) is 0 Å². The number of nitrogens with zero attached hydrogens (tertiary/aromatic N) is 3. The summed E-state index contributed by atoms with van der Waals surface area (Å²) >= 11 is 1.53. The van der Waals surface area contributed by atoms with Crippen LogP contribution in [-0.2, 0) is 17.6 Å². The normalized spacial score (nSPS) is 16.4. The molecule has 0 bridgehead atoms. The van der Waals surface area contributed by atoms with Gasteiger partial charge in [-0.3, -0.25) is 14.7 Å². The number of fused-ring (bicyclic) bond motifs is 1. The molecule has 1 aliphatic carbocycles. The van der Waals surface area contributed by atoms with Gasteiger partial charge in [0, 0.05) is 30.1 Å². The zero-order chi connectivity index (χ0) is 25.2. The lowest BCUT2D eigenvalue weighted by Gasteiger charge is -2.25. The van der Waals surface area contributed by atoms with Crippen molar-refractivity contribution >= 4 is 28.1 Å². The topological polar surface area (TPSA) is 46.1 Å². The number of thiazole rings is 1. The molecule has 0 fully saturated rings. The molecule has 0 saturated carbocycles. The molecule has 0 unspecified atom stereocenters. The van der Waals surface area contributed by atoms with Gasteiger partial charge in [0.2, 0.25) is 5.91 Å². The molecule has 2 aromatic heterocycles. The first-order valence-corrected chi connectivity index (χ1v) is 13.5. The van der Waals surface area contributed by atoms with Crippen LogP contribution >= 0.6 is 11.3 Å². The maximum Gasteiger partial charge on any atom is 0.237 e. The van der Waals surface area contributed by atoms with Crippen LogP contribution in [0.2, 0.25) is 0 Å². The number of hydrogen-bond donors (Lipinski definition) is 0. The summed E-state index contributed by atoms with van der Waals surface area (Å²) < 4.78 is 0. The van der Waals surface area contributed by atoms with Gasteiger partial charge >= 0.3 is 0 Å². The van der Waals surface area contributed by atoms with Crippen LogP contribution in [0.4, 0.5) is 10.8 Å². The largest absolute Gasteiger partial charge is 0.274 e. The number of pyridine rings is 1. The van der Waals surface area contributed by atoms with E-state index in [-0.39, 0.29) is 17.7 Å². The van der Waals surface area contributed by atoms with Crippen LogP contribution in [0.3, 0.4) is 0 Å². The quantitative estimate of drug-likeness (QED) is 0.243. The fourth-order valence-corrected chi connectivity index (χ4v) is 6.07. The van der Waals surface area contributed by atoms with Crippen LogP contribution in [-0.4, -0.2) is 15.9 Å². The van der Waals surface area contributed by atoms with Crippen LogP contribution in [0.15, 0.2) is 109 Å². The van der Waals surface area contributed by atoms with Crippen molar-refractivity contribution in [1.29, 1.82) is 0 Å². The van der Waals surface area contributed by atoms with Crippen molar-refractivity contribution in [2.24, 2.45) is 5.92 Å². The molecule has 3 aromatic carbocycles. The Kier molecular flexibility index (Phi) is 6.37. The first-order valence-electron chi connectivity index (χ1n) is 12.6. The number of rotatable bonds is 6. The summed E-state index contributed by atoms with van der Waals surface area (Å²) in [4.78, 5) is 24.9. The van der Waals surface area contributed by atoms with E-state index in [1.165, 1.54) is 28.0 Å². The van der Waals surface area contributed by atoms with Gasteiger partial charge in [0.05, 0.1) is 11.4 Å². The monoisotopic (exact) mass is 501 g/mol. The number of carbonyl (C=O) groups excluding carboxylic acids is 1. The van der Waals surface area contributed by atoms with Gasteiger partial charge in [-0.05, 0) is 64.4 Å². The lowest BCUT2D eigenvalue weighted by Crippen LogP contribution is -2.34. The number of para-hydroxylation sites is 1. The Morgan fingerprint density at radius 1 is 0.892 bits per heavy atom. The number of anilines is 2. The molecule has 2 atom stereocenters. The van der Waals surface area contributed by atoms with Crippen LogP contribution in [0.25, 0.3) is 11.1 Å². The van der Waals surface area contributed by atoms with Crippen LogP contribution < -0.4 is 4.90 Å². The minimum Gasteiger partial charge on any atom is -0.274 e. The van der Waals surface area contributed by atoms with Gasteiger partial charge in [-0.1, -0.05) is 73.7 Å². The fourth-order valence-electron chi connectivity index (χ4n) is 5.22. The maximum atomic E-state index is 14.1. The first-order chi connectivity index (χ1) is 18.2. The van der Waals surface area contributed by atoms with E-state index in [1.807, 2.05) is 59.8 Å². The summed E-state index contributed by atoms with van der Waals surface area (Å²) in [5, 5.41) is 2.80. The van der Waals surface area contributed by atoms with E-state index in [9.17, 15) is 4.79 Å². The van der Waals surface area contributed by atoms with Crippen molar-refractivity contribution < 1.29 is 4.79 Å². The Morgan fingerprint density at radius 2 is 1.59 bits per heavy atom. The molecule has 0 N–H and O–H groups in total. The van der Waals surface area contributed by atoms with Crippen molar-refractivity contribution in [2.75, 3.05) is 4.90 Å². The minimum absolute atomic E-state index is 0.106. The molecule has 0 radical (unpaired) electrons. The van der Waals surface area contributed by atoms with E-state index < -0.39 is 0 Å². The van der Waals surface area contributed by atoms with E-state index in [0.29, 0.717) is 0 Å². The van der Waals surface area contributed by atoms with Gasteiger partial charge in [0.25, 0.3) is 0 Å². The summed E-state index contributed by atoms with van der Waals surface area (Å²) in [6.07, 6.45) is 5.10. The molecule has 182 valence electrons. The highest BCUT2D eigenvalue weighted by atomic mass is 32.1. The van der Waals surface area contributed by atoms with E-state index in [0.717, 1.165) is 40.5 Å². The molecule has 2 heterocycles.